The summed E-state index contributed by atoms with van der Waals surface area (Å²) in [4.78, 5) is 23.4. The van der Waals surface area contributed by atoms with Crippen molar-refractivity contribution in [1.29, 1.82) is 5.53 Å². The Morgan fingerprint density at radius 3 is 2.70 bits per heavy atom. The second kappa shape index (κ2) is 6.43. The Labute approximate surface area is 131 Å². The molecule has 0 radical (unpaired) electrons. The molecule has 0 saturated heterocycles. The number of fused-ring (bicyclic) bond motifs is 1. The largest absolute Gasteiger partial charge is 0.381 e. The van der Waals surface area contributed by atoms with Crippen LogP contribution in [0, 0.1) is 11.4 Å². The number of rotatable bonds is 5. The summed E-state index contributed by atoms with van der Waals surface area (Å²) in [7, 11) is 0. The first-order chi connectivity index (χ1) is 11.2. The maximum Gasteiger partial charge on any atom is 0.270 e. The van der Waals surface area contributed by atoms with Crippen LogP contribution in [0.5, 0.6) is 0 Å². The summed E-state index contributed by atoms with van der Waals surface area (Å²) in [6, 6.07) is 5.10. The van der Waals surface area contributed by atoms with Crippen LogP contribution in [-0.2, 0) is 0 Å². The highest BCUT2D eigenvalue weighted by Crippen LogP contribution is 2.18. The van der Waals surface area contributed by atoms with Gasteiger partial charge in [-0.3, -0.25) is 19.8 Å². The van der Waals surface area contributed by atoms with Crippen LogP contribution in [0.25, 0.3) is 10.8 Å². The van der Waals surface area contributed by atoms with Gasteiger partial charge < -0.3 is 5.32 Å². The van der Waals surface area contributed by atoms with Crippen LogP contribution in [0.3, 0.4) is 0 Å². The normalized spacial score (nSPS) is 17.0. The lowest BCUT2D eigenvalue weighted by Crippen LogP contribution is -2.19. The van der Waals surface area contributed by atoms with Crippen molar-refractivity contribution >= 4 is 16.5 Å². The predicted octanol–water partition coefficient (Wildman–Crippen LogP) is 2.16. The number of anilines is 1. The second-order valence-corrected chi connectivity index (χ2v) is 5.50. The number of aromatic nitrogens is 2. The number of hydrogen-bond acceptors (Lipinski definition) is 5. The molecule has 1 atom stereocenters. The van der Waals surface area contributed by atoms with E-state index < -0.39 is 0 Å². The topological polar surface area (TPSA) is 114 Å². The average molecular weight is 311 g/mol. The Morgan fingerprint density at radius 1 is 1.22 bits per heavy atom. The smallest absolute Gasteiger partial charge is 0.270 e. The Bertz CT molecular complexity index is 907. The zero-order valence-electron chi connectivity index (χ0n) is 12.4. The van der Waals surface area contributed by atoms with E-state index in [1.54, 1.807) is 18.2 Å². The fraction of sp³-hybridized carbons (Fsp3) is 0.250. The van der Waals surface area contributed by atoms with Crippen molar-refractivity contribution < 1.29 is 0 Å². The molecule has 1 aromatic heterocycles. The van der Waals surface area contributed by atoms with Gasteiger partial charge in [-0.15, -0.1) is 0 Å². The number of aromatic amines is 2. The molecule has 1 aliphatic rings. The fourth-order valence-electron chi connectivity index (χ4n) is 2.59. The molecule has 1 aromatic carbocycles. The van der Waals surface area contributed by atoms with Crippen LogP contribution >= 0.6 is 0 Å². The highest BCUT2D eigenvalue weighted by atomic mass is 16.1. The Kier molecular flexibility index (Phi) is 4.18. The van der Waals surface area contributed by atoms with Crippen LogP contribution in [-0.4, -0.2) is 23.3 Å². The van der Waals surface area contributed by atoms with Crippen LogP contribution < -0.4 is 16.4 Å². The summed E-state index contributed by atoms with van der Waals surface area (Å²) in [6.45, 7) is 1.16. The molecule has 4 N–H and O–H groups in total. The van der Waals surface area contributed by atoms with Crippen LogP contribution in [0.4, 0.5) is 5.69 Å². The molecule has 3 rings (SSSR count). The van der Waals surface area contributed by atoms with E-state index in [4.69, 9.17) is 5.53 Å². The van der Waals surface area contributed by atoms with E-state index >= 15 is 0 Å². The van der Waals surface area contributed by atoms with Crippen molar-refractivity contribution in [1.82, 2.24) is 10.2 Å². The third kappa shape index (κ3) is 3.28. The van der Waals surface area contributed by atoms with Gasteiger partial charge in [-0.1, -0.05) is 18.2 Å². The molecule has 0 aliphatic heterocycles. The second-order valence-electron chi connectivity index (χ2n) is 5.50. The van der Waals surface area contributed by atoms with Gasteiger partial charge in [0.25, 0.3) is 11.1 Å². The van der Waals surface area contributed by atoms with Crippen molar-refractivity contribution in [3.05, 3.63) is 62.7 Å². The van der Waals surface area contributed by atoms with E-state index in [0.717, 1.165) is 17.7 Å². The molecule has 7 nitrogen and oxygen atoms in total. The zero-order valence-corrected chi connectivity index (χ0v) is 12.4. The molecular formula is C16H17N5O2. The number of benzene rings is 1. The van der Waals surface area contributed by atoms with E-state index in [2.05, 4.69) is 32.8 Å². The maximum absolute atomic E-state index is 11.8. The lowest BCUT2D eigenvalue weighted by Gasteiger charge is -2.14. The molecule has 118 valence electrons. The standard InChI is InChI=1S/C16H17N5O2/c17-19-9-11-3-1-10(2-4-11)8-18-12-5-6-13-14(7-12)16(23)21-20-15(13)22/h1-3,5-7,11,17-18H,4,8-9H2,(H,20,22)(H,21,23). The van der Waals surface area contributed by atoms with Gasteiger partial charge in [0.1, 0.15) is 0 Å². The van der Waals surface area contributed by atoms with E-state index in [9.17, 15) is 9.59 Å². The first kappa shape index (κ1) is 15.0. The Balaban J connectivity index is 1.72. The molecule has 7 heteroatoms. The summed E-state index contributed by atoms with van der Waals surface area (Å²) in [6.07, 6.45) is 7.11. The van der Waals surface area contributed by atoms with Crippen molar-refractivity contribution in [2.45, 2.75) is 6.42 Å². The van der Waals surface area contributed by atoms with Crippen LogP contribution in [0.1, 0.15) is 6.42 Å². The lowest BCUT2D eigenvalue weighted by atomic mass is 9.97. The molecule has 23 heavy (non-hydrogen) atoms. The number of hydrogen-bond donors (Lipinski definition) is 4. The highest BCUT2D eigenvalue weighted by molar-refractivity contribution is 5.83. The molecule has 0 amide bonds. The van der Waals surface area contributed by atoms with E-state index in [1.165, 1.54) is 0 Å². The summed E-state index contributed by atoms with van der Waals surface area (Å²) in [5.41, 5.74) is 8.19. The minimum absolute atomic E-state index is 0.308. The third-order valence-corrected chi connectivity index (χ3v) is 3.89. The fourth-order valence-corrected chi connectivity index (χ4v) is 2.59. The molecule has 1 heterocycles. The molecule has 0 spiro atoms. The minimum Gasteiger partial charge on any atom is -0.381 e. The van der Waals surface area contributed by atoms with Crippen molar-refractivity contribution in [2.75, 3.05) is 18.4 Å². The molecule has 0 fully saturated rings. The van der Waals surface area contributed by atoms with Crippen molar-refractivity contribution in [2.24, 2.45) is 11.0 Å². The van der Waals surface area contributed by atoms with Gasteiger partial charge in [-0.25, -0.2) is 5.53 Å². The van der Waals surface area contributed by atoms with Gasteiger partial charge in [-0.05, 0) is 30.2 Å². The molecule has 1 aliphatic carbocycles. The van der Waals surface area contributed by atoms with Gasteiger partial charge in [0.2, 0.25) is 0 Å². The van der Waals surface area contributed by atoms with Gasteiger partial charge in [0.15, 0.2) is 0 Å². The number of H-pyrrole nitrogens is 2. The van der Waals surface area contributed by atoms with E-state index in [1.807, 2.05) is 6.08 Å². The SMILES string of the molecule is N=NCC1C=CC(CNc2ccc3c(=O)[nH][nH]c(=O)c3c2)=CC1. The number of nitrogens with one attached hydrogen (secondary N) is 4. The average Bonchev–Trinajstić information content (AvgIpc) is 2.58. The number of allylic oxidation sites excluding steroid dienone is 1. The summed E-state index contributed by atoms with van der Waals surface area (Å²) in [5, 5.41) is 12.0. The van der Waals surface area contributed by atoms with Crippen LogP contribution in [0.2, 0.25) is 0 Å². The lowest BCUT2D eigenvalue weighted by molar-refractivity contribution is 0.638. The molecule has 1 unspecified atom stereocenters. The number of nitrogens with zero attached hydrogens (tertiary/aromatic N) is 1. The zero-order chi connectivity index (χ0) is 16.2. The Morgan fingerprint density at radius 2 is 2.00 bits per heavy atom. The highest BCUT2D eigenvalue weighted by Gasteiger charge is 2.08. The van der Waals surface area contributed by atoms with Gasteiger partial charge in [-0.2, -0.15) is 5.11 Å². The third-order valence-electron chi connectivity index (χ3n) is 3.89. The molecule has 0 saturated carbocycles. The quantitative estimate of drug-likeness (QED) is 0.634. The van der Waals surface area contributed by atoms with E-state index in [-0.39, 0.29) is 11.1 Å². The first-order valence-corrected chi connectivity index (χ1v) is 7.36. The molecule has 0 bridgehead atoms. The van der Waals surface area contributed by atoms with Crippen molar-refractivity contribution in [3.8, 4) is 0 Å². The van der Waals surface area contributed by atoms with E-state index in [0.29, 0.717) is 29.8 Å². The monoisotopic (exact) mass is 311 g/mol. The summed E-state index contributed by atoms with van der Waals surface area (Å²) in [5.74, 6) is 0.308. The molecule has 2 aromatic rings. The van der Waals surface area contributed by atoms with Crippen LogP contribution in [0.15, 0.2) is 56.7 Å². The van der Waals surface area contributed by atoms with Gasteiger partial charge >= 0.3 is 0 Å². The first-order valence-electron chi connectivity index (χ1n) is 7.36. The van der Waals surface area contributed by atoms with Gasteiger partial charge in [0.05, 0.1) is 17.3 Å². The summed E-state index contributed by atoms with van der Waals surface area (Å²) < 4.78 is 0. The maximum atomic E-state index is 11.8. The molecular weight excluding hydrogens is 294 g/mol. The predicted molar refractivity (Wildman–Crippen MR) is 89.0 cm³/mol. The van der Waals surface area contributed by atoms with Crippen molar-refractivity contribution in [3.63, 3.8) is 0 Å². The van der Waals surface area contributed by atoms with Gasteiger partial charge in [0, 0.05) is 18.2 Å². The minimum atomic E-state index is -0.318. The summed E-state index contributed by atoms with van der Waals surface area (Å²) >= 11 is 0. The Hall–Kier alpha value is -2.96.